The van der Waals surface area contributed by atoms with Gasteiger partial charge >= 0.3 is 63.3 Å². The van der Waals surface area contributed by atoms with Gasteiger partial charge in [0.15, 0.2) is 5.13 Å². The molecule has 0 aliphatic rings. The Hall–Kier alpha value is -0.364. The third-order valence-corrected chi connectivity index (χ3v) is 2.65. The van der Waals surface area contributed by atoms with Gasteiger partial charge in [0.2, 0.25) is 12.1 Å². The molecular formula is C8H7ClKN3O5S. The molecule has 1 rings (SSSR count). The molecule has 1 heterocycles. The number of anilines is 1. The van der Waals surface area contributed by atoms with Gasteiger partial charge < -0.3 is 15.3 Å². The van der Waals surface area contributed by atoms with Crippen LogP contribution in [-0.4, -0.2) is 85.5 Å². The van der Waals surface area contributed by atoms with Crippen LogP contribution in [0.4, 0.5) is 5.13 Å². The number of carbonyl (C=O) groups excluding carboxylic acids is 2. The summed E-state index contributed by atoms with van der Waals surface area (Å²) in [5.41, 5.74) is -0.829. The molecule has 0 saturated carbocycles. The fourth-order valence-electron chi connectivity index (χ4n) is 0.853. The first-order valence-electron chi connectivity index (χ1n) is 4.31. The van der Waals surface area contributed by atoms with Gasteiger partial charge in [-0.1, -0.05) is 28.1 Å². The number of nitrogens with zero attached hydrogens (tertiary/aromatic N) is 2. The van der Waals surface area contributed by atoms with E-state index in [2.05, 4.69) is 20.3 Å². The number of aromatic nitrogens is 1. The zero-order chi connectivity index (χ0) is 13.7. The van der Waals surface area contributed by atoms with Gasteiger partial charge in [0, 0.05) is 6.92 Å². The maximum atomic E-state index is 10.9. The van der Waals surface area contributed by atoms with Crippen LogP contribution in [0.2, 0.25) is 4.34 Å². The minimum atomic E-state index is -1.47. The monoisotopic (exact) mass is 331 g/mol. The Kier molecular flexibility index (Phi) is 8.57. The van der Waals surface area contributed by atoms with Gasteiger partial charge in [-0.15, -0.1) is 0 Å². The van der Waals surface area contributed by atoms with Crippen LogP contribution in [0.25, 0.3) is 0 Å². The van der Waals surface area contributed by atoms with Gasteiger partial charge in [-0.25, -0.2) is 14.6 Å². The van der Waals surface area contributed by atoms with Crippen molar-refractivity contribution in [3.8, 4) is 0 Å². The van der Waals surface area contributed by atoms with Crippen molar-refractivity contribution in [1.29, 1.82) is 0 Å². The number of carbonyl (C=O) groups is 3. The van der Waals surface area contributed by atoms with Crippen LogP contribution in [0, 0.1) is 0 Å². The Bertz CT molecular complexity index is 532. The third-order valence-electron chi connectivity index (χ3n) is 1.46. The molecule has 0 spiro atoms. The number of rotatable bonds is 5. The van der Waals surface area contributed by atoms with Crippen LogP contribution in [0.15, 0.2) is 5.16 Å². The molecule has 11 heteroatoms. The predicted molar refractivity (Wildman–Crippen MR) is 69.9 cm³/mol. The normalized spacial score (nSPS) is 10.3. The summed E-state index contributed by atoms with van der Waals surface area (Å²) >= 11 is 6.60. The molecule has 1 amide bonds. The van der Waals surface area contributed by atoms with Crippen LogP contribution >= 0.6 is 22.9 Å². The molecule has 2 N–H and O–H groups in total. The molecule has 0 atom stereocenters. The number of amides is 1. The van der Waals surface area contributed by atoms with Crippen molar-refractivity contribution >= 4 is 104 Å². The van der Waals surface area contributed by atoms with Gasteiger partial charge in [-0.05, 0) is 0 Å². The zero-order valence-electron chi connectivity index (χ0n) is 8.84. The Labute approximate surface area is 158 Å². The molecule has 0 fully saturated rings. The minimum absolute atomic E-state index is 0. The number of hydrogen-bond acceptors (Lipinski definition) is 7. The molecule has 1 aromatic heterocycles. The standard InChI is InChI=1S/C8H6ClN3O5S.K.H/c1-3(14)17-12-5(7(15)16)4-6(9)18-8(11-4)10-2-13;;/h2H,1H3,(H,15,16)(H,10,11,13);;. The summed E-state index contributed by atoms with van der Waals surface area (Å²) < 4.78 is -0.00680. The van der Waals surface area contributed by atoms with E-state index in [1.807, 2.05) is 0 Å². The molecule has 1 aromatic rings. The average molecular weight is 332 g/mol. The Morgan fingerprint density at radius 2 is 2.21 bits per heavy atom. The van der Waals surface area contributed by atoms with E-state index >= 15 is 0 Å². The van der Waals surface area contributed by atoms with E-state index in [1.54, 1.807) is 0 Å². The van der Waals surface area contributed by atoms with E-state index < -0.39 is 17.7 Å². The van der Waals surface area contributed by atoms with Crippen molar-refractivity contribution in [1.82, 2.24) is 4.98 Å². The number of aliphatic carboxylic acids is 1. The fourth-order valence-corrected chi connectivity index (χ4v) is 1.86. The number of carboxylic acid groups (broad SMARTS) is 1. The molecule has 8 nitrogen and oxygen atoms in total. The second-order valence-corrected chi connectivity index (χ2v) is 4.33. The molecule has 0 aromatic carbocycles. The van der Waals surface area contributed by atoms with E-state index in [9.17, 15) is 14.4 Å². The Morgan fingerprint density at radius 3 is 2.68 bits per heavy atom. The average Bonchev–Trinajstić information content (AvgIpc) is 2.60. The summed E-state index contributed by atoms with van der Waals surface area (Å²) in [5, 5.41) is 14.3. The topological polar surface area (TPSA) is 118 Å². The molecule has 0 aliphatic heterocycles. The molecule has 0 aliphatic carbocycles. The van der Waals surface area contributed by atoms with Gasteiger partial charge in [-0.2, -0.15) is 0 Å². The van der Waals surface area contributed by atoms with Crippen LogP contribution in [0.3, 0.4) is 0 Å². The summed E-state index contributed by atoms with van der Waals surface area (Å²) in [5.74, 6) is -2.26. The maximum absolute atomic E-state index is 10.9. The summed E-state index contributed by atoms with van der Waals surface area (Å²) in [4.78, 5) is 39.7. The number of nitrogens with one attached hydrogen (secondary N) is 1. The molecule has 0 bridgehead atoms. The Balaban J connectivity index is 0.00000324. The molecule has 0 unspecified atom stereocenters. The molecule has 19 heavy (non-hydrogen) atoms. The van der Waals surface area contributed by atoms with Crippen molar-refractivity contribution in [2.45, 2.75) is 6.92 Å². The number of thiazole rings is 1. The molecule has 98 valence electrons. The first kappa shape index (κ1) is 18.6. The van der Waals surface area contributed by atoms with E-state index in [1.165, 1.54) is 0 Å². The van der Waals surface area contributed by atoms with E-state index in [4.69, 9.17) is 16.7 Å². The number of hydrogen-bond donors (Lipinski definition) is 2. The van der Waals surface area contributed by atoms with Gasteiger partial charge in [-0.3, -0.25) is 4.79 Å². The SMILES string of the molecule is CC(=O)ON=C(C(=O)O)c1nc(NC=O)sc1Cl.[KH]. The van der Waals surface area contributed by atoms with E-state index in [0.29, 0.717) is 6.41 Å². The Morgan fingerprint density at radius 1 is 1.58 bits per heavy atom. The first-order valence-corrected chi connectivity index (χ1v) is 5.51. The van der Waals surface area contributed by atoms with Crippen molar-refractivity contribution < 1.29 is 24.3 Å². The van der Waals surface area contributed by atoms with Gasteiger partial charge in [0.1, 0.15) is 10.0 Å². The first-order chi connectivity index (χ1) is 8.45. The molecule has 0 saturated heterocycles. The molecule has 0 radical (unpaired) electrons. The van der Waals surface area contributed by atoms with Gasteiger partial charge in [0.25, 0.3) is 0 Å². The quantitative estimate of drug-likeness (QED) is 0.259. The fraction of sp³-hybridized carbons (Fsp3) is 0.125. The molecular weight excluding hydrogens is 325 g/mol. The van der Waals surface area contributed by atoms with E-state index in [0.717, 1.165) is 18.3 Å². The summed E-state index contributed by atoms with van der Waals surface area (Å²) in [6, 6.07) is 0. The van der Waals surface area contributed by atoms with Crippen molar-refractivity contribution in [2.24, 2.45) is 5.16 Å². The number of oxime groups is 1. The van der Waals surface area contributed by atoms with Crippen LogP contribution < -0.4 is 5.32 Å². The summed E-state index contributed by atoms with van der Waals surface area (Å²) in [7, 11) is 0. The van der Waals surface area contributed by atoms with Crippen LogP contribution in [-0.2, 0) is 19.2 Å². The predicted octanol–water partition coefficient (Wildman–Crippen LogP) is 0.0681. The van der Waals surface area contributed by atoms with E-state index in [-0.39, 0.29) is 66.5 Å². The van der Waals surface area contributed by atoms with Gasteiger partial charge in [0.05, 0.1) is 0 Å². The summed E-state index contributed by atoms with van der Waals surface area (Å²) in [6.45, 7) is 1.06. The number of carboxylic acids is 1. The second-order valence-electron chi connectivity index (χ2n) is 2.73. The van der Waals surface area contributed by atoms with Crippen LogP contribution in [0.5, 0.6) is 0 Å². The van der Waals surface area contributed by atoms with Crippen molar-refractivity contribution in [2.75, 3.05) is 5.32 Å². The number of halogens is 1. The van der Waals surface area contributed by atoms with Crippen LogP contribution in [0.1, 0.15) is 12.6 Å². The third kappa shape index (κ3) is 5.65. The zero-order valence-corrected chi connectivity index (χ0v) is 10.4. The second kappa shape index (κ2) is 8.74. The summed E-state index contributed by atoms with van der Waals surface area (Å²) in [6.07, 6.45) is 0.364. The van der Waals surface area contributed by atoms with Crippen molar-refractivity contribution in [3.63, 3.8) is 0 Å². The van der Waals surface area contributed by atoms with Crippen molar-refractivity contribution in [3.05, 3.63) is 10.0 Å².